The number of nitrogens with one attached hydrogen (secondary N) is 1. The zero-order valence-corrected chi connectivity index (χ0v) is 10.3. The summed E-state index contributed by atoms with van der Waals surface area (Å²) in [5.74, 6) is 0. The van der Waals surface area contributed by atoms with Crippen LogP contribution in [0.25, 0.3) is 0 Å². The molecule has 1 saturated heterocycles. The third-order valence-corrected chi connectivity index (χ3v) is 3.60. The van der Waals surface area contributed by atoms with Crippen LogP contribution in [-0.2, 0) is 0 Å². The SMILES string of the molecule is Cc1nc(C(C)NN2CCCCC2)cs1. The highest BCUT2D eigenvalue weighted by molar-refractivity contribution is 7.09. The fraction of sp³-hybridized carbons (Fsp3) is 0.727. The zero-order valence-electron chi connectivity index (χ0n) is 9.49. The normalized spacial score (nSPS) is 20.4. The van der Waals surface area contributed by atoms with Crippen molar-refractivity contribution in [3.05, 3.63) is 16.1 Å². The summed E-state index contributed by atoms with van der Waals surface area (Å²) >= 11 is 1.73. The molecule has 1 aliphatic rings. The molecule has 0 bridgehead atoms. The van der Waals surface area contributed by atoms with Gasteiger partial charge in [-0.1, -0.05) is 6.42 Å². The van der Waals surface area contributed by atoms with E-state index in [9.17, 15) is 0 Å². The maximum Gasteiger partial charge on any atom is 0.0898 e. The van der Waals surface area contributed by atoms with Crippen molar-refractivity contribution >= 4 is 11.3 Å². The van der Waals surface area contributed by atoms with Gasteiger partial charge in [0, 0.05) is 18.5 Å². The number of hydrazine groups is 1. The van der Waals surface area contributed by atoms with Gasteiger partial charge < -0.3 is 0 Å². The smallest absolute Gasteiger partial charge is 0.0898 e. The predicted octanol–water partition coefficient (Wildman–Crippen LogP) is 2.50. The van der Waals surface area contributed by atoms with Crippen molar-refractivity contribution in [3.8, 4) is 0 Å². The number of hydrogen-bond donors (Lipinski definition) is 1. The van der Waals surface area contributed by atoms with E-state index < -0.39 is 0 Å². The summed E-state index contributed by atoms with van der Waals surface area (Å²) in [5.41, 5.74) is 4.70. The van der Waals surface area contributed by atoms with E-state index in [2.05, 4.69) is 34.6 Å². The van der Waals surface area contributed by atoms with E-state index >= 15 is 0 Å². The molecule has 0 aliphatic carbocycles. The van der Waals surface area contributed by atoms with Crippen LogP contribution in [0.1, 0.15) is 42.9 Å². The number of hydrogen-bond acceptors (Lipinski definition) is 4. The summed E-state index contributed by atoms with van der Waals surface area (Å²) in [6.45, 7) is 6.59. The monoisotopic (exact) mass is 225 g/mol. The number of aryl methyl sites for hydroxylation is 1. The molecule has 2 heterocycles. The summed E-state index contributed by atoms with van der Waals surface area (Å²) in [6, 6.07) is 0.341. The molecule has 1 atom stereocenters. The number of piperidine rings is 1. The Balaban J connectivity index is 1.88. The first-order valence-corrected chi connectivity index (χ1v) is 6.57. The van der Waals surface area contributed by atoms with E-state index in [1.54, 1.807) is 11.3 Å². The lowest BCUT2D eigenvalue weighted by atomic mass is 10.1. The number of nitrogens with zero attached hydrogens (tertiary/aromatic N) is 2. The van der Waals surface area contributed by atoms with Crippen LogP contribution in [0.4, 0.5) is 0 Å². The minimum Gasteiger partial charge on any atom is -0.246 e. The van der Waals surface area contributed by atoms with Gasteiger partial charge in [-0.25, -0.2) is 15.4 Å². The standard InChI is InChI=1S/C11H19N3S/c1-9(11-8-15-10(2)12-11)13-14-6-4-3-5-7-14/h8-9,13H,3-7H2,1-2H3. The molecule has 1 aromatic heterocycles. The van der Waals surface area contributed by atoms with Crippen molar-refractivity contribution < 1.29 is 0 Å². The van der Waals surface area contributed by atoms with Gasteiger partial charge in [0.1, 0.15) is 0 Å². The van der Waals surface area contributed by atoms with Crippen molar-refractivity contribution in [2.45, 2.75) is 39.2 Å². The minimum atomic E-state index is 0.341. The van der Waals surface area contributed by atoms with Crippen LogP contribution in [0.15, 0.2) is 5.38 Å². The highest BCUT2D eigenvalue weighted by Gasteiger charge is 2.14. The molecule has 2 rings (SSSR count). The van der Waals surface area contributed by atoms with Crippen molar-refractivity contribution in [1.82, 2.24) is 15.4 Å². The first-order chi connectivity index (χ1) is 7.25. The van der Waals surface area contributed by atoms with Gasteiger partial charge in [-0.3, -0.25) is 0 Å². The second kappa shape index (κ2) is 5.05. The van der Waals surface area contributed by atoms with Crippen molar-refractivity contribution in [1.29, 1.82) is 0 Å². The largest absolute Gasteiger partial charge is 0.246 e. The lowest BCUT2D eigenvalue weighted by molar-refractivity contribution is 0.132. The van der Waals surface area contributed by atoms with Gasteiger partial charge in [0.25, 0.3) is 0 Å². The van der Waals surface area contributed by atoms with E-state index in [0.29, 0.717) is 6.04 Å². The third kappa shape index (κ3) is 3.00. The molecule has 1 aliphatic heterocycles. The fourth-order valence-electron chi connectivity index (χ4n) is 1.94. The lowest BCUT2D eigenvalue weighted by Crippen LogP contribution is -2.42. The Kier molecular flexibility index (Phi) is 3.72. The van der Waals surface area contributed by atoms with Crippen LogP contribution in [-0.4, -0.2) is 23.1 Å². The molecule has 0 amide bonds. The molecule has 0 radical (unpaired) electrons. The summed E-state index contributed by atoms with van der Waals surface area (Å²) in [5, 5.41) is 5.64. The molecule has 4 heteroatoms. The van der Waals surface area contributed by atoms with Crippen LogP contribution < -0.4 is 5.43 Å². The van der Waals surface area contributed by atoms with Crippen LogP contribution in [0.3, 0.4) is 0 Å². The molecular formula is C11H19N3S. The van der Waals surface area contributed by atoms with Gasteiger partial charge in [-0.05, 0) is 26.7 Å². The molecule has 15 heavy (non-hydrogen) atoms. The van der Waals surface area contributed by atoms with Gasteiger partial charge in [-0.2, -0.15) is 0 Å². The molecule has 0 saturated carbocycles. The Labute approximate surface area is 95.5 Å². The fourth-order valence-corrected chi connectivity index (χ4v) is 2.65. The summed E-state index contributed by atoms with van der Waals surface area (Å²) in [6.07, 6.45) is 4.01. The lowest BCUT2D eigenvalue weighted by Gasteiger charge is -2.29. The van der Waals surface area contributed by atoms with Gasteiger partial charge >= 0.3 is 0 Å². The topological polar surface area (TPSA) is 28.2 Å². The van der Waals surface area contributed by atoms with Gasteiger partial charge in [0.2, 0.25) is 0 Å². The molecule has 1 N–H and O–H groups in total. The average molecular weight is 225 g/mol. The van der Waals surface area contributed by atoms with E-state index in [-0.39, 0.29) is 0 Å². The summed E-state index contributed by atoms with van der Waals surface area (Å²) < 4.78 is 0. The summed E-state index contributed by atoms with van der Waals surface area (Å²) in [4.78, 5) is 4.51. The second-order valence-electron chi connectivity index (χ2n) is 4.19. The Morgan fingerprint density at radius 2 is 2.13 bits per heavy atom. The number of aromatic nitrogens is 1. The van der Waals surface area contributed by atoms with Crippen LogP contribution >= 0.6 is 11.3 Å². The molecule has 84 valence electrons. The Morgan fingerprint density at radius 1 is 1.40 bits per heavy atom. The average Bonchev–Trinajstić information content (AvgIpc) is 2.66. The van der Waals surface area contributed by atoms with E-state index in [1.165, 1.54) is 38.0 Å². The first-order valence-electron chi connectivity index (χ1n) is 5.69. The summed E-state index contributed by atoms with van der Waals surface area (Å²) in [7, 11) is 0. The highest BCUT2D eigenvalue weighted by atomic mass is 32.1. The van der Waals surface area contributed by atoms with Crippen molar-refractivity contribution in [3.63, 3.8) is 0 Å². The molecular weight excluding hydrogens is 206 g/mol. The Hall–Kier alpha value is -0.450. The maximum atomic E-state index is 4.51. The van der Waals surface area contributed by atoms with E-state index in [1.807, 2.05) is 0 Å². The molecule has 1 aromatic rings. The number of rotatable bonds is 3. The van der Waals surface area contributed by atoms with Gasteiger partial charge in [0.15, 0.2) is 0 Å². The minimum absolute atomic E-state index is 0.341. The van der Waals surface area contributed by atoms with E-state index in [4.69, 9.17) is 0 Å². The van der Waals surface area contributed by atoms with Crippen molar-refractivity contribution in [2.24, 2.45) is 0 Å². The Bertz CT molecular complexity index is 305. The van der Waals surface area contributed by atoms with Gasteiger partial charge in [-0.15, -0.1) is 11.3 Å². The molecule has 1 fully saturated rings. The zero-order chi connectivity index (χ0) is 10.7. The maximum absolute atomic E-state index is 4.51. The highest BCUT2D eigenvalue weighted by Crippen LogP contribution is 2.17. The predicted molar refractivity (Wildman–Crippen MR) is 63.8 cm³/mol. The molecule has 3 nitrogen and oxygen atoms in total. The van der Waals surface area contributed by atoms with Crippen molar-refractivity contribution in [2.75, 3.05) is 13.1 Å². The van der Waals surface area contributed by atoms with E-state index in [0.717, 1.165) is 5.01 Å². The third-order valence-electron chi connectivity index (χ3n) is 2.81. The van der Waals surface area contributed by atoms with Crippen LogP contribution in [0, 0.1) is 6.92 Å². The second-order valence-corrected chi connectivity index (χ2v) is 5.25. The first kappa shape index (κ1) is 11.0. The molecule has 1 unspecified atom stereocenters. The molecule has 0 spiro atoms. The quantitative estimate of drug-likeness (QED) is 0.856. The van der Waals surface area contributed by atoms with Gasteiger partial charge in [0.05, 0.1) is 16.7 Å². The molecule has 0 aromatic carbocycles. The van der Waals surface area contributed by atoms with Crippen LogP contribution in [0.5, 0.6) is 0 Å². The number of thiazole rings is 1. The van der Waals surface area contributed by atoms with Crippen LogP contribution in [0.2, 0.25) is 0 Å². The Morgan fingerprint density at radius 3 is 2.73 bits per heavy atom.